The molecule has 0 aliphatic carbocycles. The van der Waals surface area contributed by atoms with Gasteiger partial charge in [-0.1, -0.05) is 18.2 Å². The van der Waals surface area contributed by atoms with E-state index >= 15 is 0 Å². The Kier molecular flexibility index (Phi) is 10.7. The van der Waals surface area contributed by atoms with Crippen molar-refractivity contribution in [2.45, 2.75) is 26.8 Å². The van der Waals surface area contributed by atoms with E-state index in [0.29, 0.717) is 26.6 Å². The van der Waals surface area contributed by atoms with Crippen molar-refractivity contribution in [3.8, 4) is 17.2 Å². The number of ether oxygens (including phenoxy) is 4. The summed E-state index contributed by atoms with van der Waals surface area (Å²) in [6.07, 6.45) is 0.858. The van der Waals surface area contributed by atoms with E-state index in [-0.39, 0.29) is 24.0 Å². The Labute approximate surface area is 201 Å². The summed E-state index contributed by atoms with van der Waals surface area (Å²) in [5.74, 6) is 3.25. The van der Waals surface area contributed by atoms with Crippen LogP contribution >= 0.6 is 24.0 Å². The first-order valence-corrected chi connectivity index (χ1v) is 10.3. The molecule has 0 unspecified atom stereocenters. The number of aryl methyl sites for hydroxylation is 1. The number of fused-ring (bicyclic) bond motifs is 1. The summed E-state index contributed by atoms with van der Waals surface area (Å²) >= 11 is 0. The first-order valence-electron chi connectivity index (χ1n) is 10.3. The lowest BCUT2D eigenvalue weighted by molar-refractivity contribution is 0.145. The van der Waals surface area contributed by atoms with Crippen LogP contribution in [0.4, 0.5) is 0 Å². The van der Waals surface area contributed by atoms with Crippen LogP contribution in [0.2, 0.25) is 0 Å². The highest BCUT2D eigenvalue weighted by Gasteiger charge is 2.13. The van der Waals surface area contributed by atoms with E-state index in [0.717, 1.165) is 53.8 Å². The molecule has 170 valence electrons. The van der Waals surface area contributed by atoms with Crippen LogP contribution in [-0.4, -0.2) is 46.2 Å². The fourth-order valence-electron chi connectivity index (χ4n) is 3.09. The summed E-state index contributed by atoms with van der Waals surface area (Å²) < 4.78 is 21.8. The van der Waals surface area contributed by atoms with Crippen molar-refractivity contribution in [3.05, 3.63) is 53.1 Å². The Morgan fingerprint density at radius 2 is 1.90 bits per heavy atom. The third-order valence-electron chi connectivity index (χ3n) is 4.66. The standard InChI is InChI=1S/C23H31N3O4.HI/c1-4-24-23(25-10-9-18-6-8-20-22(14-18)30-16-29-20)26-15-19-7-5-17(2)13-21(19)28-12-11-27-3;/h5-8,13-14H,4,9-12,15-16H2,1-3H3,(H2,24,25,26);1H. The van der Waals surface area contributed by atoms with Crippen molar-refractivity contribution in [3.63, 3.8) is 0 Å². The van der Waals surface area contributed by atoms with Crippen LogP contribution in [0.1, 0.15) is 23.6 Å². The molecule has 7 nitrogen and oxygen atoms in total. The fraction of sp³-hybridized carbons (Fsp3) is 0.435. The predicted octanol–water partition coefficient (Wildman–Crippen LogP) is 3.66. The molecule has 1 aliphatic rings. The maximum atomic E-state index is 5.87. The smallest absolute Gasteiger partial charge is 0.231 e. The van der Waals surface area contributed by atoms with Crippen molar-refractivity contribution in [1.29, 1.82) is 0 Å². The van der Waals surface area contributed by atoms with Crippen molar-refractivity contribution in [2.24, 2.45) is 4.99 Å². The van der Waals surface area contributed by atoms with E-state index in [9.17, 15) is 0 Å². The van der Waals surface area contributed by atoms with Gasteiger partial charge in [0, 0.05) is 25.8 Å². The second-order valence-corrected chi connectivity index (χ2v) is 7.01. The van der Waals surface area contributed by atoms with Gasteiger partial charge in [-0.2, -0.15) is 0 Å². The summed E-state index contributed by atoms with van der Waals surface area (Å²) in [4.78, 5) is 4.73. The van der Waals surface area contributed by atoms with Gasteiger partial charge in [-0.05, 0) is 49.6 Å². The zero-order chi connectivity index (χ0) is 21.2. The summed E-state index contributed by atoms with van der Waals surface area (Å²) in [6.45, 7) is 7.56. The number of hydrogen-bond acceptors (Lipinski definition) is 5. The number of benzene rings is 2. The molecule has 0 saturated heterocycles. The molecule has 3 rings (SSSR count). The third kappa shape index (κ3) is 7.77. The van der Waals surface area contributed by atoms with Gasteiger partial charge in [-0.3, -0.25) is 0 Å². The molecular weight excluding hydrogens is 509 g/mol. The van der Waals surface area contributed by atoms with Gasteiger partial charge < -0.3 is 29.6 Å². The first kappa shape index (κ1) is 25.1. The Hall–Kier alpha value is -2.20. The van der Waals surface area contributed by atoms with E-state index in [2.05, 4.69) is 42.7 Å². The lowest BCUT2D eigenvalue weighted by Crippen LogP contribution is -2.38. The normalized spacial score (nSPS) is 12.3. The summed E-state index contributed by atoms with van der Waals surface area (Å²) in [5, 5.41) is 6.69. The number of hydrogen-bond donors (Lipinski definition) is 2. The lowest BCUT2D eigenvalue weighted by Gasteiger charge is -2.14. The number of guanidine groups is 1. The minimum Gasteiger partial charge on any atom is -0.491 e. The van der Waals surface area contributed by atoms with Gasteiger partial charge in [0.15, 0.2) is 17.5 Å². The van der Waals surface area contributed by atoms with Crippen LogP contribution in [0.15, 0.2) is 41.4 Å². The molecular formula is C23H32IN3O4. The molecule has 1 heterocycles. The molecule has 0 amide bonds. The molecule has 0 saturated carbocycles. The van der Waals surface area contributed by atoms with Gasteiger partial charge >= 0.3 is 0 Å². The van der Waals surface area contributed by atoms with Crippen LogP contribution in [0.3, 0.4) is 0 Å². The topological polar surface area (TPSA) is 73.3 Å². The molecule has 0 bridgehead atoms. The second kappa shape index (κ2) is 13.3. The number of aliphatic imine (C=N–C) groups is 1. The fourth-order valence-corrected chi connectivity index (χ4v) is 3.09. The van der Waals surface area contributed by atoms with Crippen LogP contribution < -0.4 is 24.8 Å². The SMILES string of the molecule is CCNC(=NCc1ccc(C)cc1OCCOC)NCCc1ccc2c(c1)OCO2.I. The van der Waals surface area contributed by atoms with Crippen LogP contribution in [0.25, 0.3) is 0 Å². The second-order valence-electron chi connectivity index (χ2n) is 7.01. The number of halogens is 1. The molecule has 0 spiro atoms. The van der Waals surface area contributed by atoms with Crippen LogP contribution in [0, 0.1) is 6.92 Å². The average Bonchev–Trinajstić information content (AvgIpc) is 3.21. The maximum Gasteiger partial charge on any atom is 0.231 e. The van der Waals surface area contributed by atoms with E-state index < -0.39 is 0 Å². The highest BCUT2D eigenvalue weighted by Crippen LogP contribution is 2.32. The molecule has 31 heavy (non-hydrogen) atoms. The largest absolute Gasteiger partial charge is 0.491 e. The molecule has 2 N–H and O–H groups in total. The minimum absolute atomic E-state index is 0. The molecule has 0 radical (unpaired) electrons. The highest BCUT2D eigenvalue weighted by atomic mass is 127. The van der Waals surface area contributed by atoms with Crippen molar-refractivity contribution < 1.29 is 18.9 Å². The van der Waals surface area contributed by atoms with Crippen molar-refractivity contribution in [2.75, 3.05) is 40.2 Å². The predicted molar refractivity (Wildman–Crippen MR) is 133 cm³/mol. The zero-order valence-electron chi connectivity index (χ0n) is 18.4. The van der Waals surface area contributed by atoms with Crippen LogP contribution in [-0.2, 0) is 17.7 Å². The Balaban J connectivity index is 0.00000341. The van der Waals surface area contributed by atoms with Gasteiger partial charge in [0.2, 0.25) is 6.79 Å². The molecule has 0 atom stereocenters. The number of rotatable bonds is 10. The first-order chi connectivity index (χ1) is 14.7. The Morgan fingerprint density at radius 3 is 2.71 bits per heavy atom. The quantitative estimate of drug-likeness (QED) is 0.207. The number of nitrogens with zero attached hydrogens (tertiary/aromatic N) is 1. The monoisotopic (exact) mass is 541 g/mol. The van der Waals surface area contributed by atoms with Gasteiger partial charge in [-0.15, -0.1) is 24.0 Å². The lowest BCUT2D eigenvalue weighted by atomic mass is 10.1. The molecule has 0 fully saturated rings. The molecule has 8 heteroatoms. The maximum absolute atomic E-state index is 5.87. The zero-order valence-corrected chi connectivity index (χ0v) is 20.7. The minimum atomic E-state index is 0. The van der Waals surface area contributed by atoms with Crippen molar-refractivity contribution >= 4 is 29.9 Å². The summed E-state index contributed by atoms with van der Waals surface area (Å²) in [7, 11) is 1.67. The van der Waals surface area contributed by atoms with Crippen molar-refractivity contribution in [1.82, 2.24) is 10.6 Å². The van der Waals surface area contributed by atoms with Gasteiger partial charge in [0.25, 0.3) is 0 Å². The Morgan fingerprint density at radius 1 is 1.06 bits per heavy atom. The van der Waals surface area contributed by atoms with E-state index in [1.165, 1.54) is 5.56 Å². The number of nitrogens with one attached hydrogen (secondary N) is 2. The van der Waals surface area contributed by atoms with Crippen LogP contribution in [0.5, 0.6) is 17.2 Å². The molecule has 1 aliphatic heterocycles. The third-order valence-corrected chi connectivity index (χ3v) is 4.66. The number of methoxy groups -OCH3 is 1. The Bertz CT molecular complexity index is 861. The van der Waals surface area contributed by atoms with E-state index in [1.807, 2.05) is 18.2 Å². The summed E-state index contributed by atoms with van der Waals surface area (Å²) in [6, 6.07) is 12.2. The average molecular weight is 541 g/mol. The van der Waals surface area contributed by atoms with E-state index in [1.54, 1.807) is 7.11 Å². The molecule has 2 aromatic rings. The van der Waals surface area contributed by atoms with E-state index in [4.69, 9.17) is 23.9 Å². The van der Waals surface area contributed by atoms with Gasteiger partial charge in [0.05, 0.1) is 13.2 Å². The van der Waals surface area contributed by atoms with Gasteiger partial charge in [0.1, 0.15) is 12.4 Å². The molecule has 2 aromatic carbocycles. The summed E-state index contributed by atoms with van der Waals surface area (Å²) in [5.41, 5.74) is 3.39. The highest BCUT2D eigenvalue weighted by molar-refractivity contribution is 14.0. The van der Waals surface area contributed by atoms with Gasteiger partial charge in [-0.25, -0.2) is 4.99 Å². The molecule has 0 aromatic heterocycles.